The van der Waals surface area contributed by atoms with Crippen molar-refractivity contribution in [3.8, 4) is 0 Å². The fourth-order valence-corrected chi connectivity index (χ4v) is 3.85. The maximum atomic E-state index is 14.9. The molecule has 0 saturated carbocycles. The highest BCUT2D eigenvalue weighted by Gasteiger charge is 2.34. The second kappa shape index (κ2) is 10.4. The van der Waals surface area contributed by atoms with E-state index >= 15 is 0 Å². The molecule has 12 heteroatoms. The number of hydrogen-bond acceptors (Lipinski definition) is 8. The van der Waals surface area contributed by atoms with Crippen LogP contribution in [0.15, 0.2) is 18.2 Å². The van der Waals surface area contributed by atoms with Crippen LogP contribution in [0.25, 0.3) is 0 Å². The minimum Gasteiger partial charge on any atom is -0.451 e. The monoisotopic (exact) mass is 466 g/mol. The molecule has 0 radical (unpaired) electrons. The van der Waals surface area contributed by atoms with Crippen molar-refractivity contribution in [3.05, 3.63) is 24.0 Å². The van der Waals surface area contributed by atoms with E-state index in [-0.39, 0.29) is 25.0 Å². The Morgan fingerprint density at radius 2 is 1.94 bits per heavy atom. The van der Waals surface area contributed by atoms with E-state index in [1.807, 2.05) is 4.90 Å². The topological polar surface area (TPSA) is 118 Å². The highest BCUT2D eigenvalue weighted by Crippen LogP contribution is 2.30. The fraction of sp³-hybridized carbons (Fsp3) is 0.524. The van der Waals surface area contributed by atoms with Crippen molar-refractivity contribution in [1.82, 2.24) is 10.4 Å². The summed E-state index contributed by atoms with van der Waals surface area (Å²) in [6.07, 6.45) is -1.02. The van der Waals surface area contributed by atoms with Gasteiger partial charge < -0.3 is 24.5 Å². The van der Waals surface area contributed by atoms with Crippen molar-refractivity contribution >= 4 is 35.4 Å². The zero-order valence-corrected chi connectivity index (χ0v) is 18.7. The van der Waals surface area contributed by atoms with Gasteiger partial charge in [0, 0.05) is 26.9 Å². The van der Waals surface area contributed by atoms with Gasteiger partial charge in [0.2, 0.25) is 5.91 Å². The number of halogens is 1. The third kappa shape index (κ3) is 5.82. The average molecular weight is 466 g/mol. The number of methoxy groups -OCH3 is 1. The Kier molecular flexibility index (Phi) is 7.56. The van der Waals surface area contributed by atoms with E-state index in [1.165, 1.54) is 31.9 Å². The van der Waals surface area contributed by atoms with Crippen LogP contribution in [0.4, 0.5) is 25.4 Å². The van der Waals surface area contributed by atoms with E-state index in [1.54, 1.807) is 12.1 Å². The molecular formula is C21H27FN4O7. The second-order valence-electron chi connectivity index (χ2n) is 7.79. The van der Waals surface area contributed by atoms with Crippen molar-refractivity contribution in [2.24, 2.45) is 0 Å². The lowest BCUT2D eigenvalue weighted by atomic mass is 10.0. The molecule has 1 atom stereocenters. The van der Waals surface area contributed by atoms with Crippen molar-refractivity contribution in [1.29, 1.82) is 0 Å². The summed E-state index contributed by atoms with van der Waals surface area (Å²) in [6.45, 7) is 3.78. The number of carbonyl (C=O) groups is 4. The third-order valence-electron chi connectivity index (χ3n) is 5.41. The molecule has 0 aromatic heterocycles. The van der Waals surface area contributed by atoms with Gasteiger partial charge in [-0.25, -0.2) is 14.0 Å². The van der Waals surface area contributed by atoms with Crippen LogP contribution in [-0.2, 0) is 23.9 Å². The molecule has 3 rings (SSSR count). The molecule has 2 fully saturated rings. The van der Waals surface area contributed by atoms with Gasteiger partial charge in [0.25, 0.3) is 0 Å². The number of hydroxylamine groups is 2. The number of piperidine rings is 1. The number of nitrogens with one attached hydrogen (secondary N) is 1. The molecule has 0 aliphatic carbocycles. The van der Waals surface area contributed by atoms with Gasteiger partial charge in [0.1, 0.15) is 11.9 Å². The van der Waals surface area contributed by atoms with Gasteiger partial charge in [-0.1, -0.05) is 0 Å². The predicted molar refractivity (Wildman–Crippen MR) is 114 cm³/mol. The number of ether oxygens (including phenoxy) is 2. The van der Waals surface area contributed by atoms with Crippen LogP contribution >= 0.6 is 0 Å². The summed E-state index contributed by atoms with van der Waals surface area (Å²) in [5, 5.41) is 3.52. The first-order valence-corrected chi connectivity index (χ1v) is 10.5. The van der Waals surface area contributed by atoms with E-state index in [0.29, 0.717) is 37.3 Å². The summed E-state index contributed by atoms with van der Waals surface area (Å²) in [5.74, 6) is -1.37. The van der Waals surface area contributed by atoms with Crippen LogP contribution < -0.4 is 15.1 Å². The quantitative estimate of drug-likeness (QED) is 0.653. The molecule has 11 nitrogen and oxygen atoms in total. The van der Waals surface area contributed by atoms with Gasteiger partial charge in [0.05, 0.1) is 37.6 Å². The number of carbonyl (C=O) groups excluding carboxylic acids is 4. The summed E-state index contributed by atoms with van der Waals surface area (Å²) >= 11 is 0. The minimum absolute atomic E-state index is 0.184. The van der Waals surface area contributed by atoms with Crippen LogP contribution in [0.1, 0.15) is 26.7 Å². The second-order valence-corrected chi connectivity index (χ2v) is 7.79. The third-order valence-corrected chi connectivity index (χ3v) is 5.41. The summed E-state index contributed by atoms with van der Waals surface area (Å²) in [4.78, 5) is 54.6. The van der Waals surface area contributed by atoms with Gasteiger partial charge in [-0.2, -0.15) is 0 Å². The van der Waals surface area contributed by atoms with Crippen LogP contribution in [0, 0.1) is 5.82 Å². The summed E-state index contributed by atoms with van der Waals surface area (Å²) in [5.41, 5.74) is 0.713. The molecule has 3 amide bonds. The first-order chi connectivity index (χ1) is 15.7. The lowest BCUT2D eigenvalue weighted by Crippen LogP contribution is -2.48. The molecule has 33 heavy (non-hydrogen) atoms. The lowest BCUT2D eigenvalue weighted by molar-refractivity contribution is -0.188. The number of benzene rings is 1. The molecule has 1 aromatic rings. The first-order valence-electron chi connectivity index (χ1n) is 10.5. The highest BCUT2D eigenvalue weighted by molar-refractivity contribution is 5.90. The SMILES string of the molecule is COC(=O)N(OC(C)=O)C1CCN(c2ccc(N3CC(CNC(C)=O)OC3=O)cc2F)CC1. The van der Waals surface area contributed by atoms with Crippen LogP contribution in [0.3, 0.4) is 0 Å². The van der Waals surface area contributed by atoms with Gasteiger partial charge in [-0.3, -0.25) is 14.5 Å². The summed E-state index contributed by atoms with van der Waals surface area (Å²) < 4.78 is 24.8. The molecule has 0 spiro atoms. The molecule has 2 aliphatic rings. The molecule has 0 bridgehead atoms. The number of rotatable bonds is 5. The van der Waals surface area contributed by atoms with Crippen LogP contribution in [0.2, 0.25) is 0 Å². The van der Waals surface area contributed by atoms with Crippen molar-refractivity contribution in [2.45, 2.75) is 38.8 Å². The van der Waals surface area contributed by atoms with Crippen molar-refractivity contribution < 1.29 is 37.9 Å². The number of nitrogens with zero attached hydrogens (tertiary/aromatic N) is 3. The Morgan fingerprint density at radius 1 is 1.24 bits per heavy atom. The molecule has 1 N–H and O–H groups in total. The maximum Gasteiger partial charge on any atom is 0.443 e. The maximum absolute atomic E-state index is 14.9. The minimum atomic E-state index is -0.770. The van der Waals surface area contributed by atoms with E-state index in [4.69, 9.17) is 9.57 Å². The lowest BCUT2D eigenvalue weighted by Gasteiger charge is -2.37. The molecule has 2 aliphatic heterocycles. The molecule has 180 valence electrons. The Labute approximate surface area is 190 Å². The molecule has 2 saturated heterocycles. The normalized spacial score (nSPS) is 18.5. The van der Waals surface area contributed by atoms with Crippen molar-refractivity contribution in [2.75, 3.05) is 43.1 Å². The standard InChI is InChI=1S/C21H27FN4O7/c1-13(27)23-11-17-12-25(20(29)32-17)16-4-5-19(18(22)10-16)24-8-6-15(7-9-24)26(21(30)31-3)33-14(2)28/h4-5,10,15,17H,6-9,11-12H2,1-3H3,(H,23,27). The Bertz CT molecular complexity index is 920. The van der Waals surface area contributed by atoms with Gasteiger partial charge in [-0.15, -0.1) is 5.06 Å². The number of anilines is 2. The summed E-state index contributed by atoms with van der Waals surface area (Å²) in [6, 6.07) is 4.10. The van der Waals surface area contributed by atoms with E-state index in [0.717, 1.165) is 5.06 Å². The van der Waals surface area contributed by atoms with E-state index < -0.39 is 30.1 Å². The summed E-state index contributed by atoms with van der Waals surface area (Å²) in [7, 11) is 1.20. The molecule has 1 unspecified atom stereocenters. The van der Waals surface area contributed by atoms with Gasteiger partial charge in [-0.05, 0) is 31.0 Å². The molecule has 1 aromatic carbocycles. The molecular weight excluding hydrogens is 439 g/mol. The number of amides is 3. The Balaban J connectivity index is 1.63. The fourth-order valence-electron chi connectivity index (χ4n) is 3.85. The predicted octanol–water partition coefficient (Wildman–Crippen LogP) is 1.80. The smallest absolute Gasteiger partial charge is 0.443 e. The van der Waals surface area contributed by atoms with Crippen LogP contribution in [-0.4, -0.2) is 74.6 Å². The Morgan fingerprint density at radius 3 is 2.52 bits per heavy atom. The van der Waals surface area contributed by atoms with E-state index in [9.17, 15) is 23.6 Å². The molecule has 2 heterocycles. The van der Waals surface area contributed by atoms with Gasteiger partial charge in [0.15, 0.2) is 0 Å². The Hall–Kier alpha value is -3.57. The zero-order valence-electron chi connectivity index (χ0n) is 18.7. The first kappa shape index (κ1) is 24.1. The van der Waals surface area contributed by atoms with E-state index in [2.05, 4.69) is 10.1 Å². The van der Waals surface area contributed by atoms with Gasteiger partial charge >= 0.3 is 18.2 Å². The number of cyclic esters (lactones) is 1. The van der Waals surface area contributed by atoms with Crippen molar-refractivity contribution in [3.63, 3.8) is 0 Å². The number of hydrogen-bond donors (Lipinski definition) is 1. The van der Waals surface area contributed by atoms with Crippen LogP contribution in [0.5, 0.6) is 0 Å². The average Bonchev–Trinajstić information content (AvgIpc) is 3.16. The highest BCUT2D eigenvalue weighted by atomic mass is 19.1. The largest absolute Gasteiger partial charge is 0.451 e. The zero-order chi connectivity index (χ0) is 24.1.